The molecule has 0 aliphatic heterocycles. The van der Waals surface area contributed by atoms with E-state index in [9.17, 15) is 9.59 Å². The number of amides is 1. The van der Waals surface area contributed by atoms with Crippen molar-refractivity contribution in [1.29, 1.82) is 0 Å². The van der Waals surface area contributed by atoms with Gasteiger partial charge in [-0.15, -0.1) is 22.7 Å². The highest BCUT2D eigenvalue weighted by atomic mass is 32.1. The smallest absolute Gasteiger partial charge is 0.357 e. The molecule has 8 heteroatoms. The van der Waals surface area contributed by atoms with Crippen LogP contribution in [0.4, 0.5) is 0 Å². The van der Waals surface area contributed by atoms with Crippen LogP contribution in [-0.4, -0.2) is 48.1 Å². The zero-order valence-electron chi connectivity index (χ0n) is 14.4. The minimum Gasteiger partial charge on any atom is -0.461 e. The van der Waals surface area contributed by atoms with Gasteiger partial charge in [0.15, 0.2) is 5.69 Å². The van der Waals surface area contributed by atoms with E-state index in [1.807, 2.05) is 24.4 Å². The van der Waals surface area contributed by atoms with Crippen LogP contribution in [0.2, 0.25) is 0 Å². The molecule has 2 heterocycles. The first-order chi connectivity index (χ1) is 12.2. The highest BCUT2D eigenvalue weighted by molar-refractivity contribution is 7.12. The van der Waals surface area contributed by atoms with E-state index >= 15 is 0 Å². The van der Waals surface area contributed by atoms with Crippen LogP contribution in [0.5, 0.6) is 0 Å². The summed E-state index contributed by atoms with van der Waals surface area (Å²) in [5.41, 5.74) is 0.291. The van der Waals surface area contributed by atoms with E-state index in [-0.39, 0.29) is 5.91 Å². The summed E-state index contributed by atoms with van der Waals surface area (Å²) in [7, 11) is 0. The lowest BCUT2D eigenvalue weighted by Gasteiger charge is -2.21. The van der Waals surface area contributed by atoms with E-state index in [0.717, 1.165) is 6.42 Å². The number of ether oxygens (including phenoxy) is 2. The fraction of sp³-hybridized carbons (Fsp3) is 0.471. The van der Waals surface area contributed by atoms with Gasteiger partial charge >= 0.3 is 5.97 Å². The first-order valence-electron chi connectivity index (χ1n) is 8.17. The molecule has 0 spiro atoms. The van der Waals surface area contributed by atoms with Crippen LogP contribution in [0.25, 0.3) is 0 Å². The molecule has 2 rings (SSSR count). The van der Waals surface area contributed by atoms with Gasteiger partial charge in [0.1, 0.15) is 5.01 Å². The number of thiophene rings is 1. The molecule has 2 aromatic rings. The molecule has 0 radical (unpaired) electrons. The number of thiazole rings is 1. The predicted molar refractivity (Wildman–Crippen MR) is 98.2 cm³/mol. The zero-order chi connectivity index (χ0) is 18.1. The van der Waals surface area contributed by atoms with Gasteiger partial charge in [-0.05, 0) is 31.7 Å². The maximum absolute atomic E-state index is 12.7. The second-order valence-electron chi connectivity index (χ2n) is 5.10. The molecule has 0 aliphatic rings. The fourth-order valence-electron chi connectivity index (χ4n) is 2.16. The predicted octanol–water partition coefficient (Wildman–Crippen LogP) is 3.45. The minimum atomic E-state index is -0.433. The SMILES string of the molecule is CCOCCCN(Cc1nc(C(=O)OCC)cs1)C(=O)c1cccs1. The van der Waals surface area contributed by atoms with E-state index < -0.39 is 5.97 Å². The normalized spacial score (nSPS) is 10.6. The third-order valence-corrected chi connectivity index (χ3v) is 4.99. The van der Waals surface area contributed by atoms with Gasteiger partial charge < -0.3 is 14.4 Å². The Balaban J connectivity index is 2.04. The molecule has 0 aliphatic carbocycles. The third-order valence-electron chi connectivity index (χ3n) is 3.30. The van der Waals surface area contributed by atoms with Crippen LogP contribution < -0.4 is 0 Å². The Bertz CT molecular complexity index is 670. The standard InChI is InChI=1S/C17H22N2O4S2/c1-3-22-9-6-8-19(16(20)14-7-5-10-24-14)11-15-18-13(12-25-15)17(21)23-4-2/h5,7,10,12H,3-4,6,8-9,11H2,1-2H3. The van der Waals surface area contributed by atoms with Crippen LogP contribution in [0.1, 0.15) is 45.4 Å². The van der Waals surface area contributed by atoms with Crippen molar-refractivity contribution < 1.29 is 19.1 Å². The number of hydrogen-bond donors (Lipinski definition) is 0. The number of esters is 1. The van der Waals surface area contributed by atoms with Crippen molar-refractivity contribution in [2.24, 2.45) is 0 Å². The van der Waals surface area contributed by atoms with Gasteiger partial charge in [0, 0.05) is 25.1 Å². The molecule has 6 nitrogen and oxygen atoms in total. The molecule has 0 fully saturated rings. The number of hydrogen-bond acceptors (Lipinski definition) is 7. The molecule has 0 saturated carbocycles. The van der Waals surface area contributed by atoms with E-state index in [1.165, 1.54) is 22.7 Å². The molecular weight excluding hydrogens is 360 g/mol. The third kappa shape index (κ3) is 5.91. The van der Waals surface area contributed by atoms with Crippen molar-refractivity contribution >= 4 is 34.6 Å². The molecule has 0 unspecified atom stereocenters. The first kappa shape index (κ1) is 19.6. The average molecular weight is 383 g/mol. The molecular formula is C17H22N2O4S2. The highest BCUT2D eigenvalue weighted by Crippen LogP contribution is 2.18. The summed E-state index contributed by atoms with van der Waals surface area (Å²) in [4.78, 5) is 31.2. The van der Waals surface area contributed by atoms with Gasteiger partial charge in [-0.1, -0.05) is 6.07 Å². The van der Waals surface area contributed by atoms with Gasteiger partial charge in [0.05, 0.1) is 18.0 Å². The fourth-order valence-corrected chi connectivity index (χ4v) is 3.62. The topological polar surface area (TPSA) is 68.7 Å². The van der Waals surface area contributed by atoms with Crippen LogP contribution in [0.15, 0.2) is 22.9 Å². The largest absolute Gasteiger partial charge is 0.461 e. The molecule has 1 amide bonds. The first-order valence-corrected chi connectivity index (χ1v) is 9.93. The van der Waals surface area contributed by atoms with E-state index in [0.29, 0.717) is 48.5 Å². The van der Waals surface area contributed by atoms with Crippen LogP contribution in [0.3, 0.4) is 0 Å². The summed E-state index contributed by atoms with van der Waals surface area (Å²) in [5.74, 6) is -0.461. The summed E-state index contributed by atoms with van der Waals surface area (Å²) in [6.07, 6.45) is 0.751. The number of nitrogens with zero attached hydrogens (tertiary/aromatic N) is 2. The van der Waals surface area contributed by atoms with Crippen molar-refractivity contribution in [1.82, 2.24) is 9.88 Å². The Kier molecular flexibility index (Phi) is 8.03. The Morgan fingerprint density at radius 1 is 1.24 bits per heavy atom. The van der Waals surface area contributed by atoms with Gasteiger partial charge in [0.25, 0.3) is 5.91 Å². The lowest BCUT2D eigenvalue weighted by Crippen LogP contribution is -2.31. The molecule has 0 bridgehead atoms. The van der Waals surface area contributed by atoms with Crippen molar-refractivity contribution in [3.05, 3.63) is 38.5 Å². The lowest BCUT2D eigenvalue weighted by atomic mass is 10.3. The van der Waals surface area contributed by atoms with Gasteiger partial charge in [-0.3, -0.25) is 4.79 Å². The van der Waals surface area contributed by atoms with Crippen molar-refractivity contribution in [3.8, 4) is 0 Å². The summed E-state index contributed by atoms with van der Waals surface area (Å²) < 4.78 is 10.3. The molecule has 25 heavy (non-hydrogen) atoms. The second-order valence-corrected chi connectivity index (χ2v) is 6.99. The van der Waals surface area contributed by atoms with Gasteiger partial charge in [-0.2, -0.15) is 0 Å². The molecule has 136 valence electrons. The van der Waals surface area contributed by atoms with Crippen LogP contribution >= 0.6 is 22.7 Å². The number of aromatic nitrogens is 1. The Morgan fingerprint density at radius 3 is 2.76 bits per heavy atom. The van der Waals surface area contributed by atoms with Gasteiger partial charge in [0.2, 0.25) is 0 Å². The number of carbonyl (C=O) groups is 2. The Morgan fingerprint density at radius 2 is 2.08 bits per heavy atom. The Hall–Kier alpha value is -1.77. The van der Waals surface area contributed by atoms with Crippen LogP contribution in [0, 0.1) is 0 Å². The zero-order valence-corrected chi connectivity index (χ0v) is 16.0. The van der Waals surface area contributed by atoms with Crippen molar-refractivity contribution in [2.45, 2.75) is 26.8 Å². The molecule has 0 atom stereocenters. The van der Waals surface area contributed by atoms with Crippen LogP contribution in [-0.2, 0) is 16.0 Å². The maximum atomic E-state index is 12.7. The number of carbonyl (C=O) groups excluding carboxylic acids is 2. The molecule has 0 aromatic carbocycles. The summed E-state index contributed by atoms with van der Waals surface area (Å²) in [6, 6.07) is 3.67. The minimum absolute atomic E-state index is 0.0283. The van der Waals surface area contributed by atoms with E-state index in [4.69, 9.17) is 9.47 Å². The molecule has 0 saturated heterocycles. The Labute approximate surface area is 155 Å². The van der Waals surface area contributed by atoms with Crippen molar-refractivity contribution in [2.75, 3.05) is 26.4 Å². The second kappa shape index (κ2) is 10.3. The van der Waals surface area contributed by atoms with E-state index in [1.54, 1.807) is 17.2 Å². The maximum Gasteiger partial charge on any atom is 0.357 e. The summed E-state index contributed by atoms with van der Waals surface area (Å²) in [6.45, 7) is 6.22. The molecule has 0 N–H and O–H groups in total. The highest BCUT2D eigenvalue weighted by Gasteiger charge is 2.19. The summed E-state index contributed by atoms with van der Waals surface area (Å²) in [5, 5.41) is 4.26. The molecule has 2 aromatic heterocycles. The summed E-state index contributed by atoms with van der Waals surface area (Å²) >= 11 is 2.77. The van der Waals surface area contributed by atoms with Crippen molar-refractivity contribution in [3.63, 3.8) is 0 Å². The average Bonchev–Trinajstić information content (AvgIpc) is 3.29. The quantitative estimate of drug-likeness (QED) is 0.465. The monoisotopic (exact) mass is 382 g/mol. The van der Waals surface area contributed by atoms with E-state index in [2.05, 4.69) is 4.98 Å². The number of rotatable bonds is 10. The van der Waals surface area contributed by atoms with Gasteiger partial charge in [-0.25, -0.2) is 9.78 Å². The lowest BCUT2D eigenvalue weighted by molar-refractivity contribution is 0.0520.